The van der Waals surface area contributed by atoms with E-state index in [0.717, 1.165) is 56.9 Å². The normalized spacial score (nSPS) is 10.4. The van der Waals surface area contributed by atoms with Crippen molar-refractivity contribution < 1.29 is 52.3 Å². The molecule has 58 heavy (non-hydrogen) atoms. The van der Waals surface area contributed by atoms with Gasteiger partial charge in [0.25, 0.3) is 0 Å². The average Bonchev–Trinajstić information content (AvgIpc) is 3.96. The number of imidazole rings is 2. The van der Waals surface area contributed by atoms with E-state index >= 15 is 0 Å². The summed E-state index contributed by atoms with van der Waals surface area (Å²) >= 11 is 0. The molecule has 0 aliphatic carbocycles. The summed E-state index contributed by atoms with van der Waals surface area (Å²) in [7, 11) is 3.90. The summed E-state index contributed by atoms with van der Waals surface area (Å²) < 4.78 is 7.57. The van der Waals surface area contributed by atoms with Crippen molar-refractivity contribution in [3.63, 3.8) is 0 Å². The average molecular weight is 1140 g/mol. The third kappa shape index (κ3) is 12.8. The van der Waals surface area contributed by atoms with Gasteiger partial charge in [-0.25, -0.2) is 0 Å². The van der Waals surface area contributed by atoms with Crippen molar-refractivity contribution in [2.45, 2.75) is 53.9 Å². The van der Waals surface area contributed by atoms with E-state index in [1.165, 1.54) is 5.56 Å². The number of hydrogen-bond donors (Lipinski definition) is 2. The minimum absolute atomic E-state index is 0. The second-order valence-corrected chi connectivity index (χ2v) is 14.2. The number of benzene rings is 2. The van der Waals surface area contributed by atoms with Gasteiger partial charge in [0.15, 0.2) is 0 Å². The third-order valence-electron chi connectivity index (χ3n) is 8.42. The fraction of sp³-hybridized carbons (Fsp3) is 0.227. The summed E-state index contributed by atoms with van der Waals surface area (Å²) in [6.45, 7) is 14.4. The van der Waals surface area contributed by atoms with Crippen molar-refractivity contribution >= 4 is 0 Å². The van der Waals surface area contributed by atoms with Crippen LogP contribution in [0.5, 0.6) is 11.5 Å². The maximum absolute atomic E-state index is 9.02. The SMILES string of the molecule is CC(C)(C)c1ccc(O)cc1.Cc1cc(C)n(-c2[c-]c(-c3nccn3C)cnc2)n1.Cc1cc(C)n(-c2[c-]c(-c3nccn3C)cnc2)n1.Oc1ccccc1.[Pt].[Pt]. The predicted octanol–water partition coefficient (Wildman–Crippen LogP) is 8.25. The number of phenols is 2. The van der Waals surface area contributed by atoms with E-state index in [4.69, 9.17) is 10.2 Å². The molecule has 0 fully saturated rings. The zero-order valence-corrected chi connectivity index (χ0v) is 38.5. The summed E-state index contributed by atoms with van der Waals surface area (Å²) in [6, 6.07) is 26.7. The number of phenolic OH excluding ortho intramolecular Hbond substituents is 2. The molecule has 0 saturated heterocycles. The van der Waals surface area contributed by atoms with Crippen LogP contribution in [-0.4, -0.2) is 58.8 Å². The Labute approximate surface area is 369 Å². The van der Waals surface area contributed by atoms with Gasteiger partial charge < -0.3 is 29.3 Å². The molecular weight excluding hydrogens is 1090 g/mol. The molecular formula is C44H48N10O2Pt2-2. The minimum Gasteiger partial charge on any atom is -0.508 e. The molecule has 0 unspecified atom stereocenters. The molecule has 0 amide bonds. The minimum atomic E-state index is 0. The largest absolute Gasteiger partial charge is 0.508 e. The van der Waals surface area contributed by atoms with Crippen LogP contribution < -0.4 is 0 Å². The molecule has 0 spiro atoms. The third-order valence-corrected chi connectivity index (χ3v) is 8.42. The molecule has 12 nitrogen and oxygen atoms in total. The number of rotatable bonds is 4. The molecule has 0 saturated carbocycles. The molecule has 2 N–H and O–H groups in total. The number of hydrogen-bond acceptors (Lipinski definition) is 8. The fourth-order valence-corrected chi connectivity index (χ4v) is 5.60. The predicted molar refractivity (Wildman–Crippen MR) is 219 cm³/mol. The molecule has 2 aromatic carbocycles. The van der Waals surface area contributed by atoms with Crippen LogP contribution >= 0.6 is 0 Å². The van der Waals surface area contributed by atoms with Gasteiger partial charge in [-0.2, -0.15) is 10.2 Å². The van der Waals surface area contributed by atoms with Crippen LogP contribution in [0.2, 0.25) is 0 Å². The van der Waals surface area contributed by atoms with Crippen LogP contribution in [0.15, 0.2) is 116 Å². The molecule has 8 rings (SSSR count). The van der Waals surface area contributed by atoms with E-state index < -0.39 is 0 Å². The number of aromatic nitrogens is 10. The number of pyridine rings is 2. The van der Waals surface area contributed by atoms with E-state index in [1.807, 2.05) is 103 Å². The van der Waals surface area contributed by atoms with Gasteiger partial charge in [-0.05, 0) is 87.5 Å². The van der Waals surface area contributed by atoms with Gasteiger partial charge in [0.1, 0.15) is 11.5 Å². The van der Waals surface area contributed by atoms with Crippen molar-refractivity contribution in [3.05, 3.63) is 157 Å². The first-order chi connectivity index (χ1) is 26.7. The Balaban J connectivity index is 0.000000217. The summed E-state index contributed by atoms with van der Waals surface area (Å²) in [5.74, 6) is 2.34. The summed E-state index contributed by atoms with van der Waals surface area (Å²) in [5.41, 5.74) is 8.87. The van der Waals surface area contributed by atoms with Gasteiger partial charge in [-0.15, -0.1) is 12.1 Å². The first-order valence-corrected chi connectivity index (χ1v) is 18.0. The molecule has 0 aliphatic rings. The van der Waals surface area contributed by atoms with Crippen molar-refractivity contribution in [2.75, 3.05) is 0 Å². The van der Waals surface area contributed by atoms with Gasteiger partial charge in [0.05, 0.1) is 23.0 Å². The molecule has 14 heteroatoms. The molecule has 0 bridgehead atoms. The van der Waals surface area contributed by atoms with Gasteiger partial charge in [0.2, 0.25) is 0 Å². The fourth-order valence-electron chi connectivity index (χ4n) is 5.60. The zero-order valence-electron chi connectivity index (χ0n) is 34.0. The standard InChI is InChI=1S/2C14H14N5.C10H14O.C6H6O.2Pt/c2*1-10-6-11(2)19(17-10)13-7-12(8-15-9-13)14-16-4-5-18(14)3;1-10(2,3)8-4-6-9(11)7-5-8;7-6-4-2-1-3-5-6;;/h2*4-6,8-9H,1-3H3;4-7,11H,1-3H3;1-5,7H;;/q2*-1;;;;. The Morgan fingerprint density at radius 1 is 0.569 bits per heavy atom. The van der Waals surface area contributed by atoms with Crippen LogP contribution in [0.4, 0.5) is 0 Å². The van der Waals surface area contributed by atoms with Crippen molar-refractivity contribution in [1.82, 2.24) is 48.6 Å². The monoisotopic (exact) mass is 1140 g/mol. The van der Waals surface area contributed by atoms with E-state index in [1.54, 1.807) is 73.6 Å². The maximum Gasteiger partial charge on any atom is 0.115 e. The van der Waals surface area contributed by atoms with Crippen LogP contribution in [0, 0.1) is 39.8 Å². The first kappa shape index (κ1) is 46.9. The van der Waals surface area contributed by atoms with Gasteiger partial charge >= 0.3 is 0 Å². The maximum atomic E-state index is 9.02. The van der Waals surface area contributed by atoms with Gasteiger partial charge in [-0.1, -0.05) is 74.6 Å². The van der Waals surface area contributed by atoms with Crippen molar-refractivity contribution in [2.24, 2.45) is 14.1 Å². The Hall–Kier alpha value is -5.44. The molecule has 8 aromatic rings. The number of aromatic hydroxyl groups is 2. The van der Waals surface area contributed by atoms with Crippen LogP contribution in [0.3, 0.4) is 0 Å². The molecule has 308 valence electrons. The van der Waals surface area contributed by atoms with E-state index in [0.29, 0.717) is 11.5 Å². The van der Waals surface area contributed by atoms with Crippen molar-refractivity contribution in [3.8, 4) is 45.6 Å². The second kappa shape index (κ2) is 21.4. The number of aryl methyl sites for hydroxylation is 6. The summed E-state index contributed by atoms with van der Waals surface area (Å²) in [4.78, 5) is 17.1. The number of nitrogens with zero attached hydrogens (tertiary/aromatic N) is 10. The molecule has 0 radical (unpaired) electrons. The Kier molecular flexibility index (Phi) is 17.3. The second-order valence-electron chi connectivity index (χ2n) is 14.2. The smallest absolute Gasteiger partial charge is 0.115 e. The van der Waals surface area contributed by atoms with Gasteiger partial charge in [0, 0.05) is 104 Å². The van der Waals surface area contributed by atoms with Crippen molar-refractivity contribution in [1.29, 1.82) is 0 Å². The molecule has 6 aromatic heterocycles. The van der Waals surface area contributed by atoms with Crippen LogP contribution in [0.1, 0.15) is 49.1 Å². The Morgan fingerprint density at radius 2 is 0.983 bits per heavy atom. The first-order valence-electron chi connectivity index (χ1n) is 18.0. The topological polar surface area (TPSA) is 138 Å². The molecule has 6 heterocycles. The quantitative estimate of drug-likeness (QED) is 0.168. The number of para-hydroxylation sites is 1. The molecule has 0 atom stereocenters. The van der Waals surface area contributed by atoms with E-state index in [2.05, 4.69) is 63.0 Å². The zero-order chi connectivity index (χ0) is 40.4. The Morgan fingerprint density at radius 3 is 1.29 bits per heavy atom. The summed E-state index contributed by atoms with van der Waals surface area (Å²) in [5, 5.41) is 26.5. The van der Waals surface area contributed by atoms with Crippen LogP contribution in [0.25, 0.3) is 34.2 Å². The van der Waals surface area contributed by atoms with Gasteiger partial charge in [-0.3, -0.25) is 19.3 Å². The van der Waals surface area contributed by atoms with E-state index in [9.17, 15) is 0 Å². The molecule has 0 aliphatic heterocycles. The Bertz CT molecular complexity index is 2340. The summed E-state index contributed by atoms with van der Waals surface area (Å²) in [6.07, 6.45) is 14.4. The van der Waals surface area contributed by atoms with E-state index in [-0.39, 0.29) is 47.5 Å². The van der Waals surface area contributed by atoms with Crippen LogP contribution in [-0.2, 0) is 61.6 Å².